The lowest BCUT2D eigenvalue weighted by Crippen LogP contribution is -2.64. The van der Waals surface area contributed by atoms with Gasteiger partial charge in [0, 0.05) is 0 Å². The normalized spacial score (nSPS) is 46.4. The number of hydrazine groups is 1. The van der Waals surface area contributed by atoms with E-state index in [0.717, 1.165) is 0 Å². The van der Waals surface area contributed by atoms with Gasteiger partial charge in [-0.2, -0.15) is 0 Å². The number of nitrogens with two attached hydrogens (primary N) is 1. The number of rotatable bonds is 2. The molecule has 3 unspecified atom stereocenters. The molecule has 13 heavy (non-hydrogen) atoms. The molecule has 1 fully saturated rings. The first kappa shape index (κ1) is 10.8. The number of nitrogens with one attached hydrogen (secondary N) is 1. The molecule has 0 aromatic rings. The van der Waals surface area contributed by atoms with Gasteiger partial charge in [-0.05, 0) is 0 Å². The van der Waals surface area contributed by atoms with Gasteiger partial charge in [-0.1, -0.05) is 0 Å². The van der Waals surface area contributed by atoms with Crippen LogP contribution in [0, 0.1) is 0 Å². The van der Waals surface area contributed by atoms with E-state index < -0.39 is 37.3 Å². The molecule has 1 aliphatic heterocycles. The summed E-state index contributed by atoms with van der Waals surface area (Å²) in [6.07, 6.45) is -4.88. The predicted octanol–water partition coefficient (Wildman–Crippen LogP) is -3.75. The van der Waals surface area contributed by atoms with Crippen LogP contribution in [0.2, 0.25) is 0 Å². The van der Waals surface area contributed by atoms with Crippen LogP contribution in [0.3, 0.4) is 0 Å². The second-order valence-corrected chi connectivity index (χ2v) is 2.92. The Morgan fingerprint density at radius 2 is 1.85 bits per heavy atom. The molecule has 7 nitrogen and oxygen atoms in total. The zero-order valence-corrected chi connectivity index (χ0v) is 6.87. The smallest absolute Gasteiger partial charge is 0.174 e. The van der Waals surface area contributed by atoms with Gasteiger partial charge >= 0.3 is 0 Å². The maximum absolute atomic E-state index is 9.37. The van der Waals surface area contributed by atoms with Crippen molar-refractivity contribution in [1.29, 1.82) is 0 Å². The van der Waals surface area contributed by atoms with Crippen molar-refractivity contribution in [3.8, 4) is 0 Å². The van der Waals surface area contributed by atoms with Crippen molar-refractivity contribution in [1.82, 2.24) is 5.43 Å². The predicted molar refractivity (Wildman–Crippen MR) is 41.1 cm³/mol. The number of aliphatic hydroxyl groups is 4. The third kappa shape index (κ3) is 1.97. The quantitative estimate of drug-likeness (QED) is 0.197. The lowest BCUT2D eigenvalue weighted by molar-refractivity contribution is -0.254. The fraction of sp³-hybridized carbons (Fsp3) is 1.00. The minimum absolute atomic E-state index is 0.480. The van der Waals surface area contributed by atoms with E-state index in [0.29, 0.717) is 0 Å². The van der Waals surface area contributed by atoms with Gasteiger partial charge in [0.15, 0.2) is 6.29 Å². The zero-order valence-electron chi connectivity index (χ0n) is 6.87. The summed E-state index contributed by atoms with van der Waals surface area (Å²) in [6.45, 7) is -0.480. The number of hydrogen-bond acceptors (Lipinski definition) is 7. The highest BCUT2D eigenvalue weighted by Crippen LogP contribution is 2.18. The van der Waals surface area contributed by atoms with Crippen molar-refractivity contribution < 1.29 is 25.2 Å². The second kappa shape index (κ2) is 4.29. The van der Waals surface area contributed by atoms with E-state index in [1.807, 2.05) is 0 Å². The van der Waals surface area contributed by atoms with Gasteiger partial charge in [-0.15, -0.1) is 0 Å². The molecular formula is C6H14N2O5. The van der Waals surface area contributed by atoms with Crippen LogP contribution in [0.4, 0.5) is 0 Å². The summed E-state index contributed by atoms with van der Waals surface area (Å²) in [5.74, 6) is 5.01. The Morgan fingerprint density at radius 1 is 1.23 bits per heavy atom. The second-order valence-electron chi connectivity index (χ2n) is 2.92. The molecule has 7 heteroatoms. The average molecular weight is 194 g/mol. The molecule has 7 N–H and O–H groups in total. The van der Waals surface area contributed by atoms with Gasteiger partial charge in [-0.3, -0.25) is 5.84 Å². The first-order valence-corrected chi connectivity index (χ1v) is 3.88. The van der Waals surface area contributed by atoms with Crippen LogP contribution in [0.1, 0.15) is 0 Å². The molecule has 0 aromatic heterocycles. The maximum Gasteiger partial charge on any atom is 0.174 e. The van der Waals surface area contributed by atoms with E-state index in [2.05, 4.69) is 5.43 Å². The number of hydrogen-bond donors (Lipinski definition) is 6. The molecule has 0 aromatic carbocycles. The Balaban J connectivity index is 2.66. The van der Waals surface area contributed by atoms with E-state index in [9.17, 15) is 15.3 Å². The van der Waals surface area contributed by atoms with Gasteiger partial charge in [0.1, 0.15) is 24.4 Å². The van der Waals surface area contributed by atoms with Gasteiger partial charge in [0.05, 0.1) is 6.61 Å². The fourth-order valence-corrected chi connectivity index (χ4v) is 1.28. The molecule has 1 aliphatic rings. The van der Waals surface area contributed by atoms with Crippen molar-refractivity contribution in [2.45, 2.75) is 30.6 Å². The van der Waals surface area contributed by atoms with Crippen molar-refractivity contribution in [2.24, 2.45) is 5.84 Å². The highest BCUT2D eigenvalue weighted by atomic mass is 16.6. The molecule has 1 saturated heterocycles. The van der Waals surface area contributed by atoms with Crippen LogP contribution < -0.4 is 11.3 Å². The van der Waals surface area contributed by atoms with E-state index in [4.69, 9.17) is 15.7 Å². The molecule has 0 bridgehead atoms. The van der Waals surface area contributed by atoms with E-state index in [-0.39, 0.29) is 0 Å². The Labute approximate surface area is 74.7 Å². The van der Waals surface area contributed by atoms with Crippen molar-refractivity contribution in [2.75, 3.05) is 6.61 Å². The highest BCUT2D eigenvalue weighted by molar-refractivity contribution is 4.91. The summed E-state index contributed by atoms with van der Waals surface area (Å²) in [5.41, 5.74) is 2.11. The van der Waals surface area contributed by atoms with Crippen LogP contribution >= 0.6 is 0 Å². The van der Waals surface area contributed by atoms with Crippen LogP contribution in [0.5, 0.6) is 0 Å². The van der Waals surface area contributed by atoms with Crippen LogP contribution in [-0.2, 0) is 4.74 Å². The van der Waals surface area contributed by atoms with E-state index in [1.165, 1.54) is 0 Å². The summed E-state index contributed by atoms with van der Waals surface area (Å²) >= 11 is 0. The van der Waals surface area contributed by atoms with Crippen molar-refractivity contribution in [3.63, 3.8) is 0 Å². The third-order valence-corrected chi connectivity index (χ3v) is 2.09. The minimum atomic E-state index is -1.35. The SMILES string of the molecule is NNC1C(O)O[C@H](CO)[C@@H](O)C1O. The lowest BCUT2D eigenvalue weighted by atomic mass is 9.98. The first-order valence-electron chi connectivity index (χ1n) is 3.88. The molecule has 1 rings (SSSR count). The van der Waals surface area contributed by atoms with E-state index >= 15 is 0 Å². The number of ether oxygens (including phenoxy) is 1. The molecule has 0 aliphatic carbocycles. The minimum Gasteiger partial charge on any atom is -0.394 e. The Hall–Kier alpha value is -0.280. The van der Waals surface area contributed by atoms with Crippen molar-refractivity contribution in [3.05, 3.63) is 0 Å². The van der Waals surface area contributed by atoms with Crippen LogP contribution in [-0.4, -0.2) is 57.7 Å². The van der Waals surface area contributed by atoms with Crippen molar-refractivity contribution >= 4 is 0 Å². The highest BCUT2D eigenvalue weighted by Gasteiger charge is 2.42. The monoisotopic (exact) mass is 194 g/mol. The topological polar surface area (TPSA) is 128 Å². The molecule has 0 amide bonds. The molecule has 78 valence electrons. The summed E-state index contributed by atoms with van der Waals surface area (Å²) in [5, 5.41) is 36.6. The lowest BCUT2D eigenvalue weighted by Gasteiger charge is -2.39. The summed E-state index contributed by atoms with van der Waals surface area (Å²) in [6, 6.07) is -0.960. The first-order chi connectivity index (χ1) is 6.11. The van der Waals surface area contributed by atoms with Crippen LogP contribution in [0.15, 0.2) is 0 Å². The molecule has 0 radical (unpaired) electrons. The van der Waals surface area contributed by atoms with E-state index in [1.54, 1.807) is 0 Å². The molecule has 0 saturated carbocycles. The average Bonchev–Trinajstić information content (AvgIpc) is 2.12. The summed E-state index contributed by atoms with van der Waals surface area (Å²) < 4.78 is 4.77. The van der Waals surface area contributed by atoms with Gasteiger partial charge in [0.25, 0.3) is 0 Å². The molecular weight excluding hydrogens is 180 g/mol. The van der Waals surface area contributed by atoms with Gasteiger partial charge < -0.3 is 25.2 Å². The summed E-state index contributed by atoms with van der Waals surface area (Å²) in [4.78, 5) is 0. The standard InChI is InChI=1S/C6H14N2O5/c7-8-3-5(11)4(10)2(1-9)13-6(3)12/h2-6,8-12H,1,7H2/t2-,3?,4-,5?,6?/m1/s1. The largest absolute Gasteiger partial charge is 0.394 e. The fourth-order valence-electron chi connectivity index (χ4n) is 1.28. The zero-order chi connectivity index (χ0) is 10.0. The Morgan fingerprint density at radius 3 is 2.31 bits per heavy atom. The maximum atomic E-state index is 9.37. The molecule has 5 atom stereocenters. The molecule has 1 heterocycles. The molecule has 0 spiro atoms. The summed E-state index contributed by atoms with van der Waals surface area (Å²) in [7, 11) is 0. The van der Waals surface area contributed by atoms with Gasteiger partial charge in [-0.25, -0.2) is 5.43 Å². The third-order valence-electron chi connectivity index (χ3n) is 2.09. The number of aliphatic hydroxyl groups excluding tert-OH is 4. The van der Waals surface area contributed by atoms with Crippen LogP contribution in [0.25, 0.3) is 0 Å². The van der Waals surface area contributed by atoms with Gasteiger partial charge in [0.2, 0.25) is 0 Å². The Bertz CT molecular complexity index is 169. The Kier molecular flexibility index (Phi) is 3.56.